The summed E-state index contributed by atoms with van der Waals surface area (Å²) in [6, 6.07) is 3.68. The normalized spacial score (nSPS) is 12.7. The third-order valence-corrected chi connectivity index (χ3v) is 4.00. The van der Waals surface area contributed by atoms with Gasteiger partial charge in [-0.3, -0.25) is 4.72 Å². The summed E-state index contributed by atoms with van der Waals surface area (Å²) < 4.78 is 63.8. The first kappa shape index (κ1) is 16.7. The highest BCUT2D eigenvalue weighted by Gasteiger charge is 2.30. The van der Waals surface area contributed by atoms with Crippen LogP contribution in [-0.2, 0) is 16.4 Å². The lowest BCUT2D eigenvalue weighted by molar-refractivity contribution is -0.137. The Hall–Kier alpha value is -1.32. The molecule has 5 nitrogen and oxygen atoms in total. The van der Waals surface area contributed by atoms with Crippen molar-refractivity contribution in [1.29, 1.82) is 0 Å². The van der Waals surface area contributed by atoms with Crippen LogP contribution in [-0.4, -0.2) is 38.0 Å². The van der Waals surface area contributed by atoms with Gasteiger partial charge in [0.05, 0.1) is 5.56 Å². The highest BCUT2D eigenvalue weighted by atomic mass is 32.2. The number of hydrogen-bond donors (Lipinski definition) is 2. The van der Waals surface area contributed by atoms with Crippen molar-refractivity contribution in [2.75, 3.05) is 24.9 Å². The maximum Gasteiger partial charge on any atom is 0.416 e. The summed E-state index contributed by atoms with van der Waals surface area (Å²) in [4.78, 5) is 0. The highest BCUT2D eigenvalue weighted by Crippen LogP contribution is 2.29. The summed E-state index contributed by atoms with van der Waals surface area (Å²) in [7, 11) is -2.54. The molecule has 2 N–H and O–H groups in total. The average Bonchev–Trinajstić information content (AvgIpc) is 2.34. The van der Waals surface area contributed by atoms with Crippen molar-refractivity contribution in [3.05, 3.63) is 29.8 Å². The van der Waals surface area contributed by atoms with Crippen molar-refractivity contribution < 1.29 is 26.7 Å². The first-order valence-corrected chi connectivity index (χ1v) is 7.13. The second-order valence-corrected chi connectivity index (χ2v) is 5.86. The zero-order chi connectivity index (χ0) is 15.4. The molecule has 0 spiro atoms. The zero-order valence-corrected chi connectivity index (χ0v) is 11.5. The van der Waals surface area contributed by atoms with E-state index in [2.05, 4.69) is 4.72 Å². The van der Waals surface area contributed by atoms with E-state index in [1.807, 2.05) is 0 Å². The lowest BCUT2D eigenvalue weighted by Gasteiger charge is -2.18. The minimum Gasteiger partial charge on any atom is -0.396 e. The van der Waals surface area contributed by atoms with Gasteiger partial charge < -0.3 is 5.11 Å². The first-order chi connectivity index (χ1) is 9.16. The summed E-state index contributed by atoms with van der Waals surface area (Å²) in [6.07, 6.45) is -4.19. The quantitative estimate of drug-likeness (QED) is 0.839. The molecule has 0 aliphatic heterocycles. The predicted molar refractivity (Wildman–Crippen MR) is 68.3 cm³/mol. The van der Waals surface area contributed by atoms with Crippen molar-refractivity contribution in [3.63, 3.8) is 0 Å². The second kappa shape index (κ2) is 6.42. The summed E-state index contributed by atoms with van der Waals surface area (Å²) in [5.41, 5.74) is -0.817. The van der Waals surface area contributed by atoms with Gasteiger partial charge in [-0.25, -0.2) is 0 Å². The van der Waals surface area contributed by atoms with Crippen LogP contribution < -0.4 is 4.72 Å². The molecule has 0 aliphatic rings. The lowest BCUT2D eigenvalue weighted by atomic mass is 10.2. The first-order valence-electron chi connectivity index (χ1n) is 5.69. The maximum absolute atomic E-state index is 12.4. The molecule has 1 aromatic carbocycles. The van der Waals surface area contributed by atoms with Crippen LogP contribution in [0.1, 0.15) is 12.0 Å². The summed E-state index contributed by atoms with van der Waals surface area (Å²) >= 11 is 0. The van der Waals surface area contributed by atoms with Gasteiger partial charge >= 0.3 is 16.4 Å². The molecule has 0 saturated heterocycles. The molecule has 0 radical (unpaired) electrons. The summed E-state index contributed by atoms with van der Waals surface area (Å²) in [5, 5.41) is 8.63. The second-order valence-electron chi connectivity index (χ2n) is 4.08. The molecule has 0 fully saturated rings. The number of halogens is 3. The molecule has 1 aromatic rings. The highest BCUT2D eigenvalue weighted by molar-refractivity contribution is 7.90. The van der Waals surface area contributed by atoms with Gasteiger partial charge in [-0.1, -0.05) is 0 Å². The Labute approximate surface area is 115 Å². The molecule has 0 aromatic heterocycles. The van der Waals surface area contributed by atoms with Crippen LogP contribution in [0.5, 0.6) is 0 Å². The van der Waals surface area contributed by atoms with E-state index in [0.717, 1.165) is 28.6 Å². The van der Waals surface area contributed by atoms with Crippen LogP contribution in [0, 0.1) is 0 Å². The number of aliphatic hydroxyl groups excluding tert-OH is 1. The third-order valence-electron chi connectivity index (χ3n) is 2.50. The Morgan fingerprint density at radius 1 is 1.25 bits per heavy atom. The van der Waals surface area contributed by atoms with Gasteiger partial charge in [0, 0.05) is 25.9 Å². The SMILES string of the molecule is CN(CCCO)S(=O)(=O)Nc1ccc(C(F)(F)F)cc1. The number of hydrogen-bond acceptors (Lipinski definition) is 3. The van der Waals surface area contributed by atoms with Crippen molar-refractivity contribution in [1.82, 2.24) is 4.31 Å². The van der Waals surface area contributed by atoms with Crippen molar-refractivity contribution in [3.8, 4) is 0 Å². The zero-order valence-electron chi connectivity index (χ0n) is 10.7. The van der Waals surface area contributed by atoms with E-state index in [0.29, 0.717) is 0 Å². The van der Waals surface area contributed by atoms with Crippen LogP contribution in [0.4, 0.5) is 18.9 Å². The van der Waals surface area contributed by atoms with E-state index >= 15 is 0 Å². The van der Waals surface area contributed by atoms with Crippen LogP contribution >= 0.6 is 0 Å². The van der Waals surface area contributed by atoms with Gasteiger partial charge in [-0.05, 0) is 30.7 Å². The van der Waals surface area contributed by atoms with Crippen LogP contribution in [0.15, 0.2) is 24.3 Å². The molecule has 1 rings (SSSR count). The molecule has 0 atom stereocenters. The molecular weight excluding hydrogens is 297 g/mol. The van der Waals surface area contributed by atoms with E-state index < -0.39 is 21.9 Å². The number of nitrogens with zero attached hydrogens (tertiary/aromatic N) is 1. The monoisotopic (exact) mass is 312 g/mol. The number of nitrogens with one attached hydrogen (secondary N) is 1. The van der Waals surface area contributed by atoms with E-state index in [1.54, 1.807) is 0 Å². The molecule has 0 heterocycles. The number of rotatable bonds is 6. The lowest BCUT2D eigenvalue weighted by Crippen LogP contribution is -2.33. The van der Waals surface area contributed by atoms with Crippen LogP contribution in [0.2, 0.25) is 0 Å². The van der Waals surface area contributed by atoms with Gasteiger partial charge in [0.1, 0.15) is 0 Å². The fraction of sp³-hybridized carbons (Fsp3) is 0.455. The molecule has 0 saturated carbocycles. The summed E-state index contributed by atoms with van der Waals surface area (Å²) in [5.74, 6) is 0. The van der Waals surface area contributed by atoms with Crippen LogP contribution in [0.25, 0.3) is 0 Å². The van der Waals surface area contributed by atoms with Crippen molar-refractivity contribution in [2.45, 2.75) is 12.6 Å². The van der Waals surface area contributed by atoms with Gasteiger partial charge in [0.2, 0.25) is 0 Å². The van der Waals surface area contributed by atoms with E-state index in [4.69, 9.17) is 5.11 Å². The molecule has 0 bridgehead atoms. The Morgan fingerprint density at radius 3 is 2.25 bits per heavy atom. The molecule has 0 unspecified atom stereocenters. The standard InChI is InChI=1S/C11H15F3N2O3S/c1-16(7-2-8-17)20(18,19)15-10-5-3-9(4-6-10)11(12,13)14/h3-6,15,17H,2,7-8H2,1H3. The molecular formula is C11H15F3N2O3S. The number of alkyl halides is 3. The minimum atomic E-state index is -4.46. The smallest absolute Gasteiger partial charge is 0.396 e. The average molecular weight is 312 g/mol. The largest absolute Gasteiger partial charge is 0.416 e. The Balaban J connectivity index is 2.78. The summed E-state index contributed by atoms with van der Waals surface area (Å²) in [6.45, 7) is -0.0490. The van der Waals surface area contributed by atoms with Crippen LogP contribution in [0.3, 0.4) is 0 Å². The number of aliphatic hydroxyl groups is 1. The van der Waals surface area contributed by atoms with E-state index in [9.17, 15) is 21.6 Å². The molecule has 0 amide bonds. The van der Waals surface area contributed by atoms with E-state index in [1.165, 1.54) is 7.05 Å². The Kier molecular flexibility index (Phi) is 5.37. The predicted octanol–water partition coefficient (Wildman–Crippen LogP) is 1.68. The topological polar surface area (TPSA) is 69.6 Å². The fourth-order valence-electron chi connectivity index (χ4n) is 1.37. The van der Waals surface area contributed by atoms with Crippen molar-refractivity contribution in [2.24, 2.45) is 0 Å². The van der Waals surface area contributed by atoms with Gasteiger partial charge in [-0.2, -0.15) is 25.9 Å². The van der Waals surface area contributed by atoms with Gasteiger partial charge in [0.25, 0.3) is 0 Å². The molecule has 0 aliphatic carbocycles. The van der Waals surface area contributed by atoms with Gasteiger partial charge in [0.15, 0.2) is 0 Å². The van der Waals surface area contributed by atoms with E-state index in [-0.39, 0.29) is 25.3 Å². The number of anilines is 1. The fourth-order valence-corrected chi connectivity index (χ4v) is 2.33. The Morgan fingerprint density at radius 2 is 1.80 bits per heavy atom. The van der Waals surface area contributed by atoms with Crippen molar-refractivity contribution >= 4 is 15.9 Å². The molecule has 9 heteroatoms. The maximum atomic E-state index is 12.4. The van der Waals surface area contributed by atoms with Gasteiger partial charge in [-0.15, -0.1) is 0 Å². The Bertz CT molecular complexity index is 529. The minimum absolute atomic E-state index is 0.0360. The third kappa shape index (κ3) is 4.66. The number of benzene rings is 1. The molecule has 114 valence electrons. The molecule has 20 heavy (non-hydrogen) atoms.